The van der Waals surface area contributed by atoms with Gasteiger partial charge in [-0.05, 0) is 0 Å². The molecule has 104 valence electrons. The molecule has 0 unspecified atom stereocenters. The first-order valence-electron chi connectivity index (χ1n) is 7.04. The van der Waals surface area contributed by atoms with E-state index in [0.29, 0.717) is 17.9 Å². The van der Waals surface area contributed by atoms with Crippen molar-refractivity contribution in [3.05, 3.63) is 18.2 Å². The summed E-state index contributed by atoms with van der Waals surface area (Å²) in [6, 6.07) is 6.78. The molecule has 0 aliphatic rings. The Hall–Kier alpha value is -0.861. The van der Waals surface area contributed by atoms with E-state index in [-0.39, 0.29) is 15.0 Å². The van der Waals surface area contributed by atoms with Gasteiger partial charge in [0.05, 0.1) is 0 Å². The Bertz CT molecular complexity index is 509. The summed E-state index contributed by atoms with van der Waals surface area (Å²) in [7, 11) is 0. The van der Waals surface area contributed by atoms with E-state index in [0.717, 1.165) is 16.7 Å². The number of hydrogen-bond acceptors (Lipinski definition) is 3. The summed E-state index contributed by atoms with van der Waals surface area (Å²) in [5, 5.41) is 3.70. The van der Waals surface area contributed by atoms with Crippen molar-refractivity contribution in [2.45, 2.75) is 46.6 Å². The number of aromatic nitrogens is 2. The van der Waals surface area contributed by atoms with Crippen molar-refractivity contribution >= 4 is 31.7 Å². The van der Waals surface area contributed by atoms with E-state index in [1.807, 2.05) is 0 Å². The summed E-state index contributed by atoms with van der Waals surface area (Å²) in [5.41, 5.74) is 3.28. The molecule has 0 aliphatic carbocycles. The molecule has 1 aromatic carbocycles. The Kier molecular flexibility index (Phi) is 5.00. The average molecular weight is 324 g/mol. The fourth-order valence-corrected chi connectivity index (χ4v) is 3.65. The van der Waals surface area contributed by atoms with Crippen LogP contribution in [0.1, 0.15) is 40.5 Å². The molecular formula is C15H23N3Se. The van der Waals surface area contributed by atoms with Crippen LogP contribution in [0.25, 0.3) is 11.0 Å². The second-order valence-corrected chi connectivity index (χ2v) is 7.15. The zero-order valence-electron chi connectivity index (χ0n) is 12.2. The summed E-state index contributed by atoms with van der Waals surface area (Å²) in [4.78, 5) is 0. The predicted octanol–water partition coefficient (Wildman–Crippen LogP) is 3.56. The Labute approximate surface area is 122 Å². The molecule has 0 bridgehead atoms. The van der Waals surface area contributed by atoms with Crippen LogP contribution in [0, 0.1) is 11.8 Å². The molecule has 0 amide bonds. The van der Waals surface area contributed by atoms with Crippen LogP contribution in [0.2, 0.25) is 0 Å². The third-order valence-corrected chi connectivity index (χ3v) is 4.30. The van der Waals surface area contributed by atoms with Crippen LogP contribution in [-0.4, -0.2) is 29.0 Å². The molecule has 0 spiro atoms. The maximum atomic E-state index is 4.54. The summed E-state index contributed by atoms with van der Waals surface area (Å²) >= 11 is 0.0473. The predicted molar refractivity (Wildman–Crippen MR) is 82.8 cm³/mol. The van der Waals surface area contributed by atoms with E-state index in [2.05, 4.69) is 59.2 Å². The molecule has 4 heteroatoms. The molecule has 3 nitrogen and oxygen atoms in total. The average Bonchev–Trinajstić information content (AvgIpc) is 2.76. The third-order valence-electron chi connectivity index (χ3n) is 3.16. The van der Waals surface area contributed by atoms with Gasteiger partial charge in [0.15, 0.2) is 0 Å². The van der Waals surface area contributed by atoms with Crippen molar-refractivity contribution in [3.8, 4) is 0 Å². The monoisotopic (exact) mass is 325 g/mol. The van der Waals surface area contributed by atoms with Gasteiger partial charge in [-0.3, -0.25) is 0 Å². The molecule has 19 heavy (non-hydrogen) atoms. The number of benzene rings is 1. The van der Waals surface area contributed by atoms with Gasteiger partial charge in [-0.1, -0.05) is 0 Å². The summed E-state index contributed by atoms with van der Waals surface area (Å²) in [6.07, 6.45) is 2.40. The topological polar surface area (TPSA) is 37.8 Å². The summed E-state index contributed by atoms with van der Waals surface area (Å²) in [6.45, 7) is 9.14. The van der Waals surface area contributed by atoms with E-state index in [1.165, 1.54) is 12.8 Å². The van der Waals surface area contributed by atoms with Crippen molar-refractivity contribution < 1.29 is 0 Å². The number of fused-ring (bicyclic) bond motifs is 1. The van der Waals surface area contributed by atoms with Crippen LogP contribution >= 0.6 is 0 Å². The van der Waals surface area contributed by atoms with E-state index in [4.69, 9.17) is 0 Å². The van der Waals surface area contributed by atoms with Crippen LogP contribution in [0.15, 0.2) is 18.2 Å². The van der Waals surface area contributed by atoms with Crippen LogP contribution < -0.4 is 5.32 Å². The SMILES string of the molecule is CC(C)CC(CC(C)C)Nc1cccc2n[se]nc12. The van der Waals surface area contributed by atoms with E-state index in [1.54, 1.807) is 0 Å². The molecular weight excluding hydrogens is 301 g/mol. The summed E-state index contributed by atoms with van der Waals surface area (Å²) < 4.78 is 8.99. The maximum absolute atomic E-state index is 4.54. The van der Waals surface area contributed by atoms with E-state index < -0.39 is 0 Å². The minimum atomic E-state index is 0.0473. The minimum absolute atomic E-state index is 0.0473. The molecule has 2 rings (SSSR count). The van der Waals surface area contributed by atoms with Crippen molar-refractivity contribution in [2.75, 3.05) is 5.32 Å². The standard InChI is InChI=1S/C15H23N3Se/c1-10(2)8-12(9-11(3)4)16-13-6-5-7-14-15(13)18-19-17-14/h5-7,10-12,16H,8-9H2,1-4H3. The second kappa shape index (κ2) is 6.53. The van der Waals surface area contributed by atoms with Gasteiger partial charge in [-0.25, -0.2) is 0 Å². The molecule has 0 radical (unpaired) electrons. The number of nitrogens with one attached hydrogen (secondary N) is 1. The van der Waals surface area contributed by atoms with Crippen molar-refractivity contribution in [1.82, 2.24) is 7.96 Å². The zero-order chi connectivity index (χ0) is 13.8. The first-order valence-corrected chi connectivity index (χ1v) is 8.57. The van der Waals surface area contributed by atoms with Gasteiger partial charge < -0.3 is 0 Å². The molecule has 1 N–H and O–H groups in total. The van der Waals surface area contributed by atoms with Crippen LogP contribution in [0.3, 0.4) is 0 Å². The summed E-state index contributed by atoms with van der Waals surface area (Å²) in [5.74, 6) is 1.41. The van der Waals surface area contributed by atoms with Crippen LogP contribution in [0.5, 0.6) is 0 Å². The van der Waals surface area contributed by atoms with E-state index in [9.17, 15) is 0 Å². The molecule has 0 atom stereocenters. The van der Waals surface area contributed by atoms with Crippen LogP contribution in [-0.2, 0) is 0 Å². The van der Waals surface area contributed by atoms with Gasteiger partial charge >= 0.3 is 122 Å². The Morgan fingerprint density at radius 2 is 1.74 bits per heavy atom. The molecule has 0 aliphatic heterocycles. The molecule has 1 heterocycles. The number of hydrogen-bond donors (Lipinski definition) is 1. The normalized spacial score (nSPS) is 11.9. The fraction of sp³-hybridized carbons (Fsp3) is 0.600. The fourth-order valence-electron chi connectivity index (χ4n) is 2.49. The van der Waals surface area contributed by atoms with Gasteiger partial charge in [0.25, 0.3) is 0 Å². The molecule has 0 fully saturated rings. The van der Waals surface area contributed by atoms with Gasteiger partial charge in [0.2, 0.25) is 0 Å². The Balaban J connectivity index is 2.17. The first kappa shape index (κ1) is 14.5. The molecule has 0 saturated heterocycles. The second-order valence-electron chi connectivity index (χ2n) is 6.04. The van der Waals surface area contributed by atoms with Crippen molar-refractivity contribution in [1.29, 1.82) is 0 Å². The molecule has 1 aromatic heterocycles. The van der Waals surface area contributed by atoms with Gasteiger partial charge in [0.1, 0.15) is 0 Å². The third kappa shape index (κ3) is 4.05. The number of rotatable bonds is 6. The van der Waals surface area contributed by atoms with Gasteiger partial charge in [-0.15, -0.1) is 0 Å². The Morgan fingerprint density at radius 3 is 2.37 bits per heavy atom. The van der Waals surface area contributed by atoms with Gasteiger partial charge in [0, 0.05) is 0 Å². The molecule has 2 aromatic rings. The van der Waals surface area contributed by atoms with Gasteiger partial charge in [-0.2, -0.15) is 0 Å². The number of anilines is 1. The van der Waals surface area contributed by atoms with E-state index >= 15 is 0 Å². The van der Waals surface area contributed by atoms with Crippen molar-refractivity contribution in [2.24, 2.45) is 11.8 Å². The quantitative estimate of drug-likeness (QED) is 0.826. The zero-order valence-corrected chi connectivity index (χ0v) is 13.9. The molecule has 0 saturated carbocycles. The Morgan fingerprint density at radius 1 is 1.05 bits per heavy atom. The first-order chi connectivity index (χ1) is 9.06. The number of nitrogens with zero attached hydrogens (tertiary/aromatic N) is 2. The van der Waals surface area contributed by atoms with Crippen molar-refractivity contribution in [3.63, 3.8) is 0 Å². The van der Waals surface area contributed by atoms with Crippen LogP contribution in [0.4, 0.5) is 5.69 Å².